The number of hydrogen-bond acceptors (Lipinski definition) is 5. The number of amides is 1. The molecule has 1 heterocycles. The van der Waals surface area contributed by atoms with Gasteiger partial charge < -0.3 is 10.1 Å². The predicted octanol–water partition coefficient (Wildman–Crippen LogP) is 3.00. The van der Waals surface area contributed by atoms with E-state index in [1.807, 2.05) is 6.92 Å². The Morgan fingerprint density at radius 1 is 1.46 bits per heavy atom. The van der Waals surface area contributed by atoms with Crippen LogP contribution in [-0.4, -0.2) is 26.7 Å². The van der Waals surface area contributed by atoms with Gasteiger partial charge in [0.05, 0.1) is 27.0 Å². The molecule has 1 unspecified atom stereocenters. The number of nitrogens with one attached hydrogen (secondary N) is 1. The Balaban J connectivity index is 2.10. The van der Waals surface area contributed by atoms with Crippen LogP contribution in [0.15, 0.2) is 18.2 Å². The minimum absolute atomic E-state index is 0.0672. The van der Waals surface area contributed by atoms with Gasteiger partial charge in [0, 0.05) is 19.2 Å². The highest BCUT2D eigenvalue weighted by molar-refractivity contribution is 6.32. The minimum atomic E-state index is -0.844. The fourth-order valence-corrected chi connectivity index (χ4v) is 2.34. The number of ether oxygens (including phenoxy) is 1. The molecule has 0 fully saturated rings. The second kappa shape index (κ2) is 6.88. The highest BCUT2D eigenvalue weighted by Gasteiger charge is 2.20. The van der Waals surface area contributed by atoms with E-state index in [0.29, 0.717) is 11.4 Å². The summed E-state index contributed by atoms with van der Waals surface area (Å²) < 4.78 is 7.18. The molecule has 8 nitrogen and oxygen atoms in total. The number of aryl methyl sites for hydroxylation is 2. The average Bonchev–Trinajstić information content (AvgIpc) is 2.75. The standard InChI is InChI=1S/C15H17ClN4O4/c1-8-14(9(2)19(4)18-8)17-15(21)10(3)24-13-6-5-11(20(22)23)7-12(13)16/h5-7,10H,1-4H3,(H,17,21). The summed E-state index contributed by atoms with van der Waals surface area (Å²) in [5.41, 5.74) is 2.00. The van der Waals surface area contributed by atoms with Gasteiger partial charge in [0.2, 0.25) is 0 Å². The molecule has 0 aliphatic heterocycles. The molecule has 1 amide bonds. The van der Waals surface area contributed by atoms with Gasteiger partial charge in [0.1, 0.15) is 5.75 Å². The maximum absolute atomic E-state index is 12.3. The summed E-state index contributed by atoms with van der Waals surface area (Å²) in [4.78, 5) is 22.4. The number of rotatable bonds is 5. The fraction of sp³-hybridized carbons (Fsp3) is 0.333. The lowest BCUT2D eigenvalue weighted by Crippen LogP contribution is -2.30. The van der Waals surface area contributed by atoms with Gasteiger partial charge in [-0.15, -0.1) is 0 Å². The first-order valence-electron chi connectivity index (χ1n) is 7.12. The first kappa shape index (κ1) is 17.7. The van der Waals surface area contributed by atoms with E-state index in [9.17, 15) is 14.9 Å². The largest absolute Gasteiger partial charge is 0.479 e. The van der Waals surface area contributed by atoms with Crippen molar-refractivity contribution in [1.82, 2.24) is 9.78 Å². The zero-order valence-electron chi connectivity index (χ0n) is 13.7. The second-order valence-electron chi connectivity index (χ2n) is 5.29. The molecular formula is C15H17ClN4O4. The number of carbonyl (C=O) groups is 1. The van der Waals surface area contributed by atoms with Crippen LogP contribution in [0.3, 0.4) is 0 Å². The van der Waals surface area contributed by atoms with Crippen LogP contribution in [0, 0.1) is 24.0 Å². The summed E-state index contributed by atoms with van der Waals surface area (Å²) >= 11 is 5.96. The first-order valence-corrected chi connectivity index (χ1v) is 7.50. The van der Waals surface area contributed by atoms with Gasteiger partial charge in [-0.05, 0) is 26.8 Å². The van der Waals surface area contributed by atoms with Gasteiger partial charge in [0.25, 0.3) is 11.6 Å². The van der Waals surface area contributed by atoms with Gasteiger partial charge in [-0.2, -0.15) is 5.10 Å². The number of benzene rings is 1. The van der Waals surface area contributed by atoms with Crippen molar-refractivity contribution < 1.29 is 14.5 Å². The SMILES string of the molecule is Cc1nn(C)c(C)c1NC(=O)C(C)Oc1ccc([N+](=O)[O-])cc1Cl. The van der Waals surface area contributed by atoms with Crippen molar-refractivity contribution in [2.45, 2.75) is 26.9 Å². The zero-order valence-corrected chi connectivity index (χ0v) is 14.4. The molecule has 9 heteroatoms. The monoisotopic (exact) mass is 352 g/mol. The van der Waals surface area contributed by atoms with Gasteiger partial charge in [-0.1, -0.05) is 11.6 Å². The molecule has 0 aliphatic carbocycles. The molecule has 1 aromatic carbocycles. The van der Waals surface area contributed by atoms with Crippen LogP contribution >= 0.6 is 11.6 Å². The molecule has 1 N–H and O–H groups in total. The summed E-state index contributed by atoms with van der Waals surface area (Å²) in [6.07, 6.45) is -0.844. The quantitative estimate of drug-likeness (QED) is 0.658. The van der Waals surface area contributed by atoms with E-state index in [0.717, 1.165) is 5.69 Å². The van der Waals surface area contributed by atoms with Crippen molar-refractivity contribution in [2.24, 2.45) is 7.05 Å². The van der Waals surface area contributed by atoms with E-state index in [-0.39, 0.29) is 22.4 Å². The van der Waals surface area contributed by atoms with Gasteiger partial charge in [-0.25, -0.2) is 0 Å². The Labute approximate surface area is 143 Å². The van der Waals surface area contributed by atoms with Crippen LogP contribution in [0.25, 0.3) is 0 Å². The predicted molar refractivity (Wildman–Crippen MR) is 89.5 cm³/mol. The van der Waals surface area contributed by atoms with Gasteiger partial charge in [-0.3, -0.25) is 19.6 Å². The van der Waals surface area contributed by atoms with Crippen LogP contribution in [0.4, 0.5) is 11.4 Å². The maximum atomic E-state index is 12.3. The third kappa shape index (κ3) is 3.65. The van der Waals surface area contributed by atoms with E-state index >= 15 is 0 Å². The Morgan fingerprint density at radius 3 is 2.62 bits per heavy atom. The molecule has 0 aliphatic rings. The van der Waals surface area contributed by atoms with E-state index < -0.39 is 11.0 Å². The molecule has 1 aromatic heterocycles. The van der Waals surface area contributed by atoms with Crippen LogP contribution in [0.2, 0.25) is 5.02 Å². The number of hydrogen-bond donors (Lipinski definition) is 1. The van der Waals surface area contributed by atoms with Crippen LogP contribution in [0.5, 0.6) is 5.75 Å². The number of nitrogens with zero attached hydrogens (tertiary/aromatic N) is 3. The smallest absolute Gasteiger partial charge is 0.271 e. The lowest BCUT2D eigenvalue weighted by molar-refractivity contribution is -0.384. The van der Waals surface area contributed by atoms with E-state index in [4.69, 9.17) is 16.3 Å². The van der Waals surface area contributed by atoms with Crippen LogP contribution < -0.4 is 10.1 Å². The molecule has 0 saturated heterocycles. The molecule has 0 bridgehead atoms. The number of aromatic nitrogens is 2. The molecule has 24 heavy (non-hydrogen) atoms. The number of anilines is 1. The van der Waals surface area contributed by atoms with Crippen molar-refractivity contribution >= 4 is 28.9 Å². The molecule has 0 saturated carbocycles. The molecule has 2 rings (SSSR count). The van der Waals surface area contributed by atoms with Crippen molar-refractivity contribution in [3.8, 4) is 5.75 Å². The molecular weight excluding hydrogens is 336 g/mol. The third-order valence-electron chi connectivity index (χ3n) is 3.56. The van der Waals surface area contributed by atoms with E-state index in [1.165, 1.54) is 18.2 Å². The Bertz CT molecular complexity index is 803. The Morgan fingerprint density at radius 2 is 2.12 bits per heavy atom. The highest BCUT2D eigenvalue weighted by Crippen LogP contribution is 2.29. The zero-order chi connectivity index (χ0) is 18.0. The molecule has 2 aromatic rings. The topological polar surface area (TPSA) is 99.3 Å². The summed E-state index contributed by atoms with van der Waals surface area (Å²) in [6, 6.07) is 3.81. The normalized spacial score (nSPS) is 11.9. The summed E-state index contributed by atoms with van der Waals surface area (Å²) in [7, 11) is 1.79. The molecule has 0 radical (unpaired) electrons. The van der Waals surface area contributed by atoms with Crippen molar-refractivity contribution in [2.75, 3.05) is 5.32 Å². The van der Waals surface area contributed by atoms with Crippen LogP contribution in [0.1, 0.15) is 18.3 Å². The highest BCUT2D eigenvalue weighted by atomic mass is 35.5. The number of nitro groups is 1. The summed E-state index contributed by atoms with van der Waals surface area (Å²) in [5, 5.41) is 17.8. The Hall–Kier alpha value is -2.61. The Kier molecular flexibility index (Phi) is 5.08. The van der Waals surface area contributed by atoms with Gasteiger partial charge >= 0.3 is 0 Å². The number of halogens is 1. The first-order chi connectivity index (χ1) is 11.2. The van der Waals surface area contributed by atoms with Gasteiger partial charge in [0.15, 0.2) is 6.10 Å². The molecule has 1 atom stereocenters. The summed E-state index contributed by atoms with van der Waals surface area (Å²) in [5.74, 6) is -0.173. The lowest BCUT2D eigenvalue weighted by atomic mass is 10.2. The molecule has 0 spiro atoms. The van der Waals surface area contributed by atoms with E-state index in [2.05, 4.69) is 10.4 Å². The molecule has 128 valence electrons. The maximum Gasteiger partial charge on any atom is 0.271 e. The van der Waals surface area contributed by atoms with E-state index in [1.54, 1.807) is 25.6 Å². The lowest BCUT2D eigenvalue weighted by Gasteiger charge is -2.15. The third-order valence-corrected chi connectivity index (χ3v) is 3.85. The second-order valence-corrected chi connectivity index (χ2v) is 5.70. The fourth-order valence-electron chi connectivity index (χ4n) is 2.12. The van der Waals surface area contributed by atoms with Crippen molar-refractivity contribution in [1.29, 1.82) is 0 Å². The number of non-ortho nitro benzene ring substituents is 1. The number of carbonyl (C=O) groups excluding carboxylic acids is 1. The average molecular weight is 353 g/mol. The summed E-state index contributed by atoms with van der Waals surface area (Å²) in [6.45, 7) is 5.20. The minimum Gasteiger partial charge on any atom is -0.479 e. The van der Waals surface area contributed by atoms with Crippen molar-refractivity contribution in [3.63, 3.8) is 0 Å². The van der Waals surface area contributed by atoms with Crippen LogP contribution in [-0.2, 0) is 11.8 Å². The number of nitro benzene ring substituents is 1. The van der Waals surface area contributed by atoms with Crippen molar-refractivity contribution in [3.05, 3.63) is 44.7 Å².